The quantitative estimate of drug-likeness (QED) is 0.835. The summed E-state index contributed by atoms with van der Waals surface area (Å²) >= 11 is 0. The summed E-state index contributed by atoms with van der Waals surface area (Å²) in [6.45, 7) is -0.360. The van der Waals surface area contributed by atoms with Crippen molar-refractivity contribution < 1.29 is 22.7 Å². The molecule has 1 saturated heterocycles. The fraction of sp³-hybridized carbons (Fsp3) is 0.562. The zero-order chi connectivity index (χ0) is 16.0. The maximum Gasteiger partial charge on any atom is 0.406 e. The van der Waals surface area contributed by atoms with Crippen LogP contribution in [0.4, 0.5) is 13.2 Å². The van der Waals surface area contributed by atoms with Gasteiger partial charge in [-0.3, -0.25) is 4.79 Å². The molecule has 0 N–H and O–H groups in total. The Kier molecular flexibility index (Phi) is 5.83. The highest BCUT2D eigenvalue weighted by Gasteiger charge is 2.36. The smallest absolute Gasteiger partial charge is 0.381 e. The number of benzene rings is 1. The molecule has 1 aliphatic rings. The predicted molar refractivity (Wildman–Crippen MR) is 76.4 cm³/mol. The topological polar surface area (TPSA) is 29.5 Å². The van der Waals surface area contributed by atoms with Crippen molar-refractivity contribution in [2.24, 2.45) is 0 Å². The van der Waals surface area contributed by atoms with E-state index >= 15 is 0 Å². The molecule has 0 atom stereocenters. The molecule has 0 aliphatic carbocycles. The lowest BCUT2D eigenvalue weighted by atomic mass is 10.0. The van der Waals surface area contributed by atoms with Crippen LogP contribution in [0.2, 0.25) is 0 Å². The van der Waals surface area contributed by atoms with Gasteiger partial charge in [0.15, 0.2) is 0 Å². The van der Waals surface area contributed by atoms with E-state index in [1.807, 2.05) is 30.3 Å². The highest BCUT2D eigenvalue weighted by Crippen LogP contribution is 2.23. The zero-order valence-electron chi connectivity index (χ0n) is 12.3. The minimum atomic E-state index is -4.37. The lowest BCUT2D eigenvalue weighted by Gasteiger charge is -2.35. The fourth-order valence-electron chi connectivity index (χ4n) is 2.65. The Bertz CT molecular complexity index is 470. The van der Waals surface area contributed by atoms with E-state index in [9.17, 15) is 18.0 Å². The van der Waals surface area contributed by atoms with E-state index in [1.54, 1.807) is 0 Å². The van der Waals surface area contributed by atoms with E-state index in [0.29, 0.717) is 32.5 Å². The van der Waals surface area contributed by atoms with Gasteiger partial charge in [-0.1, -0.05) is 30.3 Å². The van der Waals surface area contributed by atoms with E-state index in [0.717, 1.165) is 10.5 Å². The Balaban J connectivity index is 1.98. The number of aryl methyl sites for hydroxylation is 1. The average Bonchev–Trinajstić information content (AvgIpc) is 2.51. The van der Waals surface area contributed by atoms with E-state index in [1.165, 1.54) is 0 Å². The van der Waals surface area contributed by atoms with Gasteiger partial charge in [-0.25, -0.2) is 0 Å². The van der Waals surface area contributed by atoms with Gasteiger partial charge in [0, 0.05) is 25.7 Å². The lowest BCUT2D eigenvalue weighted by molar-refractivity contribution is -0.168. The third-order valence-corrected chi connectivity index (χ3v) is 3.77. The van der Waals surface area contributed by atoms with Crippen molar-refractivity contribution in [2.45, 2.75) is 37.9 Å². The Morgan fingerprint density at radius 1 is 1.18 bits per heavy atom. The molecule has 1 fully saturated rings. The largest absolute Gasteiger partial charge is 0.406 e. The van der Waals surface area contributed by atoms with E-state index in [2.05, 4.69) is 0 Å². The summed E-state index contributed by atoms with van der Waals surface area (Å²) in [4.78, 5) is 13.3. The summed E-state index contributed by atoms with van der Waals surface area (Å²) in [6.07, 6.45) is -2.89. The summed E-state index contributed by atoms with van der Waals surface area (Å²) in [5, 5.41) is 0. The van der Waals surface area contributed by atoms with Crippen molar-refractivity contribution >= 4 is 5.91 Å². The Morgan fingerprint density at radius 3 is 2.41 bits per heavy atom. The Hall–Kier alpha value is -1.56. The number of hydrogen-bond acceptors (Lipinski definition) is 2. The van der Waals surface area contributed by atoms with Gasteiger partial charge in [0.1, 0.15) is 6.54 Å². The van der Waals surface area contributed by atoms with E-state index in [-0.39, 0.29) is 12.5 Å². The normalized spacial score (nSPS) is 16.5. The molecule has 122 valence electrons. The molecule has 1 aromatic carbocycles. The van der Waals surface area contributed by atoms with Crippen LogP contribution in [0.25, 0.3) is 0 Å². The first kappa shape index (κ1) is 16.8. The molecule has 1 aromatic rings. The van der Waals surface area contributed by atoms with E-state index < -0.39 is 18.6 Å². The van der Waals surface area contributed by atoms with Gasteiger partial charge in [0.05, 0.1) is 0 Å². The molecule has 2 rings (SSSR count). The molecule has 6 heteroatoms. The molecule has 1 aliphatic heterocycles. The minimum absolute atomic E-state index is 0.0947. The number of carbonyl (C=O) groups excluding carboxylic acids is 1. The summed E-state index contributed by atoms with van der Waals surface area (Å²) in [6, 6.07) is 8.94. The molecular formula is C16H20F3NO2. The first-order valence-corrected chi connectivity index (χ1v) is 7.43. The third kappa shape index (κ3) is 5.33. The standard InChI is InChI=1S/C16H20F3NO2/c17-16(18,19)12-20(14-8-10-22-11-9-14)15(21)7-6-13-4-2-1-3-5-13/h1-5,14H,6-12H2. The van der Waals surface area contributed by atoms with Crippen molar-refractivity contribution in [1.82, 2.24) is 4.90 Å². The summed E-state index contributed by atoms with van der Waals surface area (Å²) in [5.41, 5.74) is 0.954. The van der Waals surface area contributed by atoms with Crippen LogP contribution >= 0.6 is 0 Å². The molecule has 0 spiro atoms. The molecule has 0 bridgehead atoms. The van der Waals surface area contributed by atoms with Gasteiger partial charge in [-0.2, -0.15) is 13.2 Å². The Labute approximate surface area is 128 Å². The number of nitrogens with zero attached hydrogens (tertiary/aromatic N) is 1. The highest BCUT2D eigenvalue weighted by atomic mass is 19.4. The monoisotopic (exact) mass is 315 g/mol. The van der Waals surface area contributed by atoms with Crippen LogP contribution in [-0.4, -0.2) is 42.8 Å². The number of amides is 1. The number of ether oxygens (including phenoxy) is 1. The highest BCUT2D eigenvalue weighted by molar-refractivity contribution is 5.77. The number of carbonyl (C=O) groups is 1. The second kappa shape index (κ2) is 7.63. The first-order valence-electron chi connectivity index (χ1n) is 7.43. The van der Waals surface area contributed by atoms with Crippen molar-refractivity contribution in [1.29, 1.82) is 0 Å². The van der Waals surface area contributed by atoms with Crippen molar-refractivity contribution in [3.63, 3.8) is 0 Å². The van der Waals surface area contributed by atoms with Crippen molar-refractivity contribution in [3.05, 3.63) is 35.9 Å². The molecule has 0 unspecified atom stereocenters. The summed E-state index contributed by atoms with van der Waals surface area (Å²) in [7, 11) is 0. The van der Waals surface area contributed by atoms with Crippen LogP contribution < -0.4 is 0 Å². The SMILES string of the molecule is O=C(CCc1ccccc1)N(CC(F)(F)F)C1CCOCC1. The van der Waals surface area contributed by atoms with Gasteiger partial charge in [0.25, 0.3) is 0 Å². The maximum atomic E-state index is 12.8. The number of hydrogen-bond donors (Lipinski definition) is 0. The minimum Gasteiger partial charge on any atom is -0.381 e. The van der Waals surface area contributed by atoms with Gasteiger partial charge in [-0.05, 0) is 24.8 Å². The molecule has 3 nitrogen and oxygen atoms in total. The van der Waals surface area contributed by atoms with Crippen LogP contribution in [0.15, 0.2) is 30.3 Å². The van der Waals surface area contributed by atoms with Gasteiger partial charge < -0.3 is 9.64 Å². The van der Waals surface area contributed by atoms with Crippen LogP contribution in [0.5, 0.6) is 0 Å². The fourth-order valence-corrected chi connectivity index (χ4v) is 2.65. The Morgan fingerprint density at radius 2 is 1.82 bits per heavy atom. The number of alkyl halides is 3. The number of halogens is 3. The lowest BCUT2D eigenvalue weighted by Crippen LogP contribution is -2.47. The van der Waals surface area contributed by atoms with Crippen LogP contribution in [0, 0.1) is 0 Å². The first-order chi connectivity index (χ1) is 10.5. The average molecular weight is 315 g/mol. The molecule has 0 aromatic heterocycles. The van der Waals surface area contributed by atoms with Crippen molar-refractivity contribution in [2.75, 3.05) is 19.8 Å². The third-order valence-electron chi connectivity index (χ3n) is 3.77. The number of rotatable bonds is 5. The van der Waals surface area contributed by atoms with Crippen LogP contribution in [-0.2, 0) is 16.0 Å². The molecule has 0 saturated carbocycles. The molecular weight excluding hydrogens is 295 g/mol. The van der Waals surface area contributed by atoms with E-state index in [4.69, 9.17) is 4.74 Å². The van der Waals surface area contributed by atoms with Gasteiger partial charge in [0.2, 0.25) is 5.91 Å². The second-order valence-corrected chi connectivity index (χ2v) is 5.47. The van der Waals surface area contributed by atoms with Gasteiger partial charge >= 0.3 is 6.18 Å². The van der Waals surface area contributed by atoms with Gasteiger partial charge in [-0.15, -0.1) is 0 Å². The maximum absolute atomic E-state index is 12.8. The molecule has 22 heavy (non-hydrogen) atoms. The molecule has 1 amide bonds. The molecule has 1 heterocycles. The summed E-state index contributed by atoms with van der Waals surface area (Å²) in [5.74, 6) is -0.437. The predicted octanol–water partition coefficient (Wildman–Crippen LogP) is 3.19. The van der Waals surface area contributed by atoms with Crippen molar-refractivity contribution in [3.8, 4) is 0 Å². The zero-order valence-corrected chi connectivity index (χ0v) is 12.3. The molecule has 0 radical (unpaired) electrons. The van der Waals surface area contributed by atoms with Crippen LogP contribution in [0.1, 0.15) is 24.8 Å². The van der Waals surface area contributed by atoms with Crippen LogP contribution in [0.3, 0.4) is 0 Å². The summed E-state index contributed by atoms with van der Waals surface area (Å²) < 4.78 is 43.4. The second-order valence-electron chi connectivity index (χ2n) is 5.47.